The molecule has 0 aromatic heterocycles. The number of guanidine groups is 1. The molecule has 2 N–H and O–H groups in total. The van der Waals surface area contributed by atoms with Crippen molar-refractivity contribution in [3.8, 4) is 0 Å². The van der Waals surface area contributed by atoms with E-state index in [1.807, 2.05) is 29.2 Å². The third-order valence-electron chi connectivity index (χ3n) is 5.30. The Hall–Kier alpha value is -1.31. The van der Waals surface area contributed by atoms with Crippen molar-refractivity contribution in [2.24, 2.45) is 4.99 Å². The van der Waals surface area contributed by atoms with Crippen molar-refractivity contribution in [3.63, 3.8) is 0 Å². The number of hydrogen-bond acceptors (Lipinski definition) is 2. The summed E-state index contributed by atoms with van der Waals surface area (Å²) in [5.41, 5.74) is 1.92. The third-order valence-corrected chi connectivity index (χ3v) is 5.30. The highest BCUT2D eigenvalue weighted by Crippen LogP contribution is 2.17. The molecule has 1 saturated heterocycles. The van der Waals surface area contributed by atoms with Crippen LogP contribution in [0.1, 0.15) is 67.8 Å². The second-order valence-corrected chi connectivity index (χ2v) is 7.37. The Balaban J connectivity index is 0.00000261. The van der Waals surface area contributed by atoms with Gasteiger partial charge in [-0.15, -0.1) is 24.0 Å². The van der Waals surface area contributed by atoms with Gasteiger partial charge >= 0.3 is 0 Å². The fraction of sp³-hybridized carbons (Fsp3) is 0.619. The van der Waals surface area contributed by atoms with Gasteiger partial charge in [-0.3, -0.25) is 4.79 Å². The molecule has 1 aromatic rings. The third kappa shape index (κ3) is 6.66. The normalized spacial score (nSPS) is 18.1. The fourth-order valence-electron chi connectivity index (χ4n) is 3.79. The molecule has 1 amide bonds. The second kappa shape index (κ2) is 11.5. The Bertz CT molecular complexity index is 605. The van der Waals surface area contributed by atoms with Crippen LogP contribution in [0.4, 0.5) is 0 Å². The number of halogens is 1. The lowest BCUT2D eigenvalue weighted by Crippen LogP contribution is -2.42. The zero-order valence-electron chi connectivity index (χ0n) is 16.4. The number of benzene rings is 1. The summed E-state index contributed by atoms with van der Waals surface area (Å²) >= 11 is 0. The molecule has 0 bridgehead atoms. The molecule has 1 aliphatic heterocycles. The van der Waals surface area contributed by atoms with Gasteiger partial charge in [0.15, 0.2) is 5.96 Å². The summed E-state index contributed by atoms with van der Waals surface area (Å²) in [6, 6.07) is 8.50. The molecule has 1 aliphatic carbocycles. The fourth-order valence-corrected chi connectivity index (χ4v) is 3.79. The van der Waals surface area contributed by atoms with Crippen LogP contribution in [0.15, 0.2) is 29.3 Å². The second-order valence-electron chi connectivity index (χ2n) is 7.37. The maximum absolute atomic E-state index is 12.5. The van der Waals surface area contributed by atoms with Crippen LogP contribution < -0.4 is 10.6 Å². The minimum Gasteiger partial charge on any atom is -0.357 e. The van der Waals surface area contributed by atoms with E-state index in [-0.39, 0.29) is 29.9 Å². The van der Waals surface area contributed by atoms with Crippen molar-refractivity contribution >= 4 is 35.8 Å². The lowest BCUT2D eigenvalue weighted by atomic mass is 10.1. The van der Waals surface area contributed by atoms with Crippen molar-refractivity contribution in [3.05, 3.63) is 35.4 Å². The van der Waals surface area contributed by atoms with Gasteiger partial charge in [0.1, 0.15) is 0 Å². The molecule has 1 aromatic carbocycles. The van der Waals surface area contributed by atoms with Gasteiger partial charge in [-0.05, 0) is 56.7 Å². The van der Waals surface area contributed by atoms with Crippen LogP contribution in [0.25, 0.3) is 0 Å². The van der Waals surface area contributed by atoms with Gasteiger partial charge in [0, 0.05) is 31.2 Å². The molecule has 2 aliphatic rings. The number of piperidine rings is 1. The summed E-state index contributed by atoms with van der Waals surface area (Å²) in [5, 5.41) is 6.87. The molecule has 1 saturated carbocycles. The summed E-state index contributed by atoms with van der Waals surface area (Å²) in [5.74, 6) is 1.06. The van der Waals surface area contributed by atoms with E-state index in [9.17, 15) is 4.79 Å². The van der Waals surface area contributed by atoms with Gasteiger partial charge in [-0.1, -0.05) is 25.0 Å². The van der Waals surface area contributed by atoms with Crippen molar-refractivity contribution < 1.29 is 4.79 Å². The van der Waals surface area contributed by atoms with E-state index < -0.39 is 0 Å². The van der Waals surface area contributed by atoms with Crippen LogP contribution in [0, 0.1) is 0 Å². The Labute approximate surface area is 180 Å². The predicted molar refractivity (Wildman–Crippen MR) is 122 cm³/mol. The molecule has 0 unspecified atom stereocenters. The number of amides is 1. The standard InChI is InChI=1S/C21H32N4O.HI/c1-2-22-21(24-19-8-4-5-9-19)23-16-17-10-12-18(13-11-17)20(26)25-14-6-3-7-15-25;/h10-13,19H,2-9,14-16H2,1H3,(H2,22,23,24);1H. The molecular weight excluding hydrogens is 451 g/mol. The van der Waals surface area contributed by atoms with Crippen LogP contribution in [0.2, 0.25) is 0 Å². The average Bonchev–Trinajstić information content (AvgIpc) is 3.20. The molecule has 150 valence electrons. The Kier molecular flexibility index (Phi) is 9.38. The van der Waals surface area contributed by atoms with E-state index in [0.29, 0.717) is 12.6 Å². The van der Waals surface area contributed by atoms with Gasteiger partial charge in [0.05, 0.1) is 6.54 Å². The number of hydrogen-bond donors (Lipinski definition) is 2. The first-order valence-electron chi connectivity index (χ1n) is 10.2. The Morgan fingerprint density at radius 1 is 1.07 bits per heavy atom. The van der Waals surface area contributed by atoms with Crippen molar-refractivity contribution in [2.75, 3.05) is 19.6 Å². The zero-order valence-corrected chi connectivity index (χ0v) is 18.7. The number of carbonyl (C=O) groups excluding carboxylic acids is 1. The number of nitrogens with one attached hydrogen (secondary N) is 2. The van der Waals surface area contributed by atoms with Gasteiger partial charge in [0.2, 0.25) is 0 Å². The predicted octanol–water partition coefficient (Wildman–Crippen LogP) is 3.93. The zero-order chi connectivity index (χ0) is 18.2. The summed E-state index contributed by atoms with van der Waals surface area (Å²) in [7, 11) is 0. The van der Waals surface area contributed by atoms with E-state index in [1.165, 1.54) is 32.1 Å². The van der Waals surface area contributed by atoms with Crippen molar-refractivity contribution in [1.29, 1.82) is 0 Å². The molecule has 3 rings (SSSR count). The number of aliphatic imine (C=N–C) groups is 1. The van der Waals surface area contributed by atoms with E-state index in [2.05, 4.69) is 17.6 Å². The number of carbonyl (C=O) groups is 1. The minimum absolute atomic E-state index is 0. The van der Waals surface area contributed by atoms with E-state index in [1.54, 1.807) is 0 Å². The van der Waals surface area contributed by atoms with Gasteiger partial charge in [-0.2, -0.15) is 0 Å². The minimum atomic E-state index is 0. The van der Waals surface area contributed by atoms with Crippen LogP contribution in [-0.4, -0.2) is 42.4 Å². The number of nitrogens with zero attached hydrogens (tertiary/aromatic N) is 2. The molecule has 27 heavy (non-hydrogen) atoms. The Morgan fingerprint density at radius 3 is 2.37 bits per heavy atom. The first kappa shape index (κ1) is 22.0. The molecule has 1 heterocycles. The quantitative estimate of drug-likeness (QED) is 0.379. The van der Waals surface area contributed by atoms with Crippen LogP contribution in [0.5, 0.6) is 0 Å². The monoisotopic (exact) mass is 484 g/mol. The highest BCUT2D eigenvalue weighted by molar-refractivity contribution is 14.0. The Morgan fingerprint density at radius 2 is 1.74 bits per heavy atom. The highest BCUT2D eigenvalue weighted by Gasteiger charge is 2.18. The smallest absolute Gasteiger partial charge is 0.253 e. The number of likely N-dealkylation sites (tertiary alicyclic amines) is 1. The van der Waals surface area contributed by atoms with Gasteiger partial charge < -0.3 is 15.5 Å². The first-order chi connectivity index (χ1) is 12.8. The SMILES string of the molecule is CCNC(=NCc1ccc(C(=O)N2CCCCC2)cc1)NC1CCCC1.I. The molecule has 6 heteroatoms. The molecule has 2 fully saturated rings. The average molecular weight is 484 g/mol. The lowest BCUT2D eigenvalue weighted by Gasteiger charge is -2.26. The van der Waals surface area contributed by atoms with Gasteiger partial charge in [0.25, 0.3) is 5.91 Å². The van der Waals surface area contributed by atoms with E-state index in [0.717, 1.165) is 49.6 Å². The van der Waals surface area contributed by atoms with Crippen molar-refractivity contribution in [1.82, 2.24) is 15.5 Å². The van der Waals surface area contributed by atoms with E-state index >= 15 is 0 Å². The van der Waals surface area contributed by atoms with Gasteiger partial charge in [-0.25, -0.2) is 4.99 Å². The molecular formula is C21H33IN4O. The van der Waals surface area contributed by atoms with E-state index in [4.69, 9.17) is 4.99 Å². The summed E-state index contributed by atoms with van der Waals surface area (Å²) in [6.45, 7) is 5.36. The first-order valence-corrected chi connectivity index (χ1v) is 10.2. The van der Waals surface area contributed by atoms with Crippen LogP contribution in [-0.2, 0) is 6.54 Å². The summed E-state index contributed by atoms with van der Waals surface area (Å²) in [4.78, 5) is 19.2. The van der Waals surface area contributed by atoms with Crippen LogP contribution in [0.3, 0.4) is 0 Å². The largest absolute Gasteiger partial charge is 0.357 e. The van der Waals surface area contributed by atoms with Crippen LogP contribution >= 0.6 is 24.0 Å². The molecule has 5 nitrogen and oxygen atoms in total. The topological polar surface area (TPSA) is 56.7 Å². The van der Waals surface area contributed by atoms with Crippen molar-refractivity contribution in [2.45, 2.75) is 64.5 Å². The number of rotatable bonds is 5. The molecule has 0 atom stereocenters. The summed E-state index contributed by atoms with van der Waals surface area (Å²) in [6.07, 6.45) is 8.58. The molecule has 0 radical (unpaired) electrons. The maximum atomic E-state index is 12.5. The summed E-state index contributed by atoms with van der Waals surface area (Å²) < 4.78 is 0. The molecule has 0 spiro atoms. The lowest BCUT2D eigenvalue weighted by molar-refractivity contribution is 0.0724. The maximum Gasteiger partial charge on any atom is 0.253 e. The highest BCUT2D eigenvalue weighted by atomic mass is 127.